The van der Waals surface area contributed by atoms with Gasteiger partial charge in [-0.15, -0.1) is 0 Å². The Morgan fingerprint density at radius 2 is 1.71 bits per heavy atom. The number of unbranched alkanes of at least 4 members (excludes halogenated alkanes) is 1. The number of benzene rings is 3. The number of amides is 1. The van der Waals surface area contributed by atoms with E-state index in [0.29, 0.717) is 47.6 Å². The van der Waals surface area contributed by atoms with Gasteiger partial charge in [0.2, 0.25) is 5.76 Å². The van der Waals surface area contributed by atoms with Crippen molar-refractivity contribution in [1.29, 1.82) is 0 Å². The van der Waals surface area contributed by atoms with Gasteiger partial charge in [-0.25, -0.2) is 0 Å². The predicted octanol–water partition coefficient (Wildman–Crippen LogP) is 6.39. The molecule has 1 aliphatic rings. The van der Waals surface area contributed by atoms with Gasteiger partial charge < -0.3 is 18.8 Å². The summed E-state index contributed by atoms with van der Waals surface area (Å²) in [4.78, 5) is 29.5. The molecule has 0 N–H and O–H groups in total. The van der Waals surface area contributed by atoms with E-state index in [0.717, 1.165) is 35.1 Å². The van der Waals surface area contributed by atoms with Crippen LogP contribution in [0.1, 0.15) is 64.2 Å². The zero-order valence-electron chi connectivity index (χ0n) is 22.4. The molecule has 1 amide bonds. The fraction of sp³-hybridized carbons (Fsp3) is 0.312. The van der Waals surface area contributed by atoms with Gasteiger partial charge in [0.25, 0.3) is 5.91 Å². The molecule has 38 heavy (non-hydrogen) atoms. The third-order valence-corrected chi connectivity index (χ3v) is 7.33. The fourth-order valence-electron chi connectivity index (χ4n) is 5.05. The standard InChI is InChI=1S/C32H33NO5/c1-5-6-16-37-25-13-12-23(19-27(25)36-4)29-28-30(34)24-17-20(2)21(3)18-26(24)38-31(28)32(35)33(29)15-14-22-10-8-7-9-11-22/h7-13,17-19,29H,5-6,14-16H2,1-4H3. The molecular formula is C32H33NO5. The van der Waals surface area contributed by atoms with Crippen LogP contribution in [0, 0.1) is 13.8 Å². The maximum absolute atomic E-state index is 13.9. The maximum atomic E-state index is 13.9. The summed E-state index contributed by atoms with van der Waals surface area (Å²) in [6.45, 7) is 7.07. The molecule has 5 rings (SSSR count). The average molecular weight is 512 g/mol. The molecular weight excluding hydrogens is 478 g/mol. The van der Waals surface area contributed by atoms with Crippen LogP contribution >= 0.6 is 0 Å². The van der Waals surface area contributed by atoms with Gasteiger partial charge >= 0.3 is 0 Å². The smallest absolute Gasteiger partial charge is 0.290 e. The lowest BCUT2D eigenvalue weighted by Gasteiger charge is -2.26. The van der Waals surface area contributed by atoms with Crippen LogP contribution in [0.15, 0.2) is 69.9 Å². The third-order valence-electron chi connectivity index (χ3n) is 7.33. The molecule has 4 aromatic rings. The number of carbonyl (C=O) groups excluding carboxylic acids is 1. The van der Waals surface area contributed by atoms with Gasteiger partial charge in [0.15, 0.2) is 16.9 Å². The molecule has 1 aliphatic heterocycles. The van der Waals surface area contributed by atoms with Crippen molar-refractivity contribution >= 4 is 16.9 Å². The minimum absolute atomic E-state index is 0.117. The summed E-state index contributed by atoms with van der Waals surface area (Å²) in [6.07, 6.45) is 2.62. The lowest BCUT2D eigenvalue weighted by Crippen LogP contribution is -2.31. The Balaban J connectivity index is 1.63. The van der Waals surface area contributed by atoms with Gasteiger partial charge in [0, 0.05) is 6.54 Å². The fourth-order valence-corrected chi connectivity index (χ4v) is 5.05. The summed E-state index contributed by atoms with van der Waals surface area (Å²) in [5.74, 6) is 1.05. The van der Waals surface area contributed by atoms with Crippen molar-refractivity contribution < 1.29 is 18.7 Å². The van der Waals surface area contributed by atoms with Gasteiger partial charge in [-0.1, -0.05) is 49.7 Å². The Morgan fingerprint density at radius 3 is 2.45 bits per heavy atom. The topological polar surface area (TPSA) is 69.0 Å². The lowest BCUT2D eigenvalue weighted by molar-refractivity contribution is 0.0730. The minimum atomic E-state index is -0.595. The third kappa shape index (κ3) is 4.67. The highest BCUT2D eigenvalue weighted by Gasteiger charge is 2.42. The second kappa shape index (κ2) is 10.7. The first-order chi connectivity index (χ1) is 18.4. The number of nitrogens with zero attached hydrogens (tertiary/aromatic N) is 1. The first kappa shape index (κ1) is 25.6. The number of ether oxygens (including phenoxy) is 2. The van der Waals surface area contributed by atoms with Crippen molar-refractivity contribution in [2.45, 2.75) is 46.1 Å². The van der Waals surface area contributed by atoms with Crippen molar-refractivity contribution in [3.05, 3.63) is 104 Å². The number of hydrogen-bond donors (Lipinski definition) is 0. The number of rotatable bonds is 9. The molecule has 1 atom stereocenters. The zero-order chi connectivity index (χ0) is 26.8. The van der Waals surface area contributed by atoms with Crippen LogP contribution in [0.2, 0.25) is 0 Å². The molecule has 0 saturated heterocycles. The van der Waals surface area contributed by atoms with Crippen LogP contribution < -0.4 is 14.9 Å². The highest BCUT2D eigenvalue weighted by molar-refractivity contribution is 5.99. The molecule has 0 radical (unpaired) electrons. The predicted molar refractivity (Wildman–Crippen MR) is 148 cm³/mol. The number of fused-ring (bicyclic) bond motifs is 2. The van der Waals surface area contributed by atoms with E-state index in [-0.39, 0.29) is 17.1 Å². The van der Waals surface area contributed by atoms with Crippen molar-refractivity contribution in [3.63, 3.8) is 0 Å². The van der Waals surface area contributed by atoms with E-state index in [2.05, 4.69) is 6.92 Å². The van der Waals surface area contributed by atoms with Gasteiger partial charge in [-0.2, -0.15) is 0 Å². The molecule has 3 aromatic carbocycles. The summed E-state index contributed by atoms with van der Waals surface area (Å²) in [6, 6.07) is 18.8. The molecule has 6 nitrogen and oxygen atoms in total. The SMILES string of the molecule is CCCCOc1ccc(C2c3c(oc4cc(C)c(C)cc4c3=O)C(=O)N2CCc2ccccc2)cc1OC. The Hall–Kier alpha value is -4.06. The molecule has 1 unspecified atom stereocenters. The summed E-state index contributed by atoms with van der Waals surface area (Å²) < 4.78 is 17.7. The van der Waals surface area contributed by atoms with Crippen LogP contribution in [0.3, 0.4) is 0 Å². The number of methoxy groups -OCH3 is 1. The largest absolute Gasteiger partial charge is 0.493 e. The molecule has 0 bridgehead atoms. The Morgan fingerprint density at radius 1 is 0.947 bits per heavy atom. The van der Waals surface area contributed by atoms with Crippen LogP contribution in [0.5, 0.6) is 11.5 Å². The normalized spacial score (nSPS) is 14.7. The summed E-state index contributed by atoms with van der Waals surface area (Å²) in [7, 11) is 1.60. The Bertz CT molecular complexity index is 1540. The molecule has 1 aromatic heterocycles. The molecule has 2 heterocycles. The van der Waals surface area contributed by atoms with Crippen LogP contribution in [0.25, 0.3) is 11.0 Å². The number of carbonyl (C=O) groups is 1. The van der Waals surface area contributed by atoms with E-state index in [9.17, 15) is 9.59 Å². The molecule has 0 saturated carbocycles. The molecule has 6 heteroatoms. The Kier molecular flexibility index (Phi) is 7.23. The highest BCUT2D eigenvalue weighted by atomic mass is 16.5. The van der Waals surface area contributed by atoms with E-state index in [1.54, 1.807) is 12.0 Å². The summed E-state index contributed by atoms with van der Waals surface area (Å²) in [5, 5.41) is 0.487. The van der Waals surface area contributed by atoms with Gasteiger partial charge in [-0.05, 0) is 73.2 Å². The summed E-state index contributed by atoms with van der Waals surface area (Å²) >= 11 is 0. The molecule has 0 fully saturated rings. The number of hydrogen-bond acceptors (Lipinski definition) is 5. The monoisotopic (exact) mass is 511 g/mol. The first-order valence-corrected chi connectivity index (χ1v) is 13.2. The quantitative estimate of drug-likeness (QED) is 0.244. The highest BCUT2D eigenvalue weighted by Crippen LogP contribution is 2.41. The zero-order valence-corrected chi connectivity index (χ0v) is 22.4. The van der Waals surface area contributed by atoms with Crippen LogP contribution in [-0.2, 0) is 6.42 Å². The maximum Gasteiger partial charge on any atom is 0.290 e. The van der Waals surface area contributed by atoms with Gasteiger partial charge in [-0.3, -0.25) is 9.59 Å². The second-order valence-electron chi connectivity index (χ2n) is 9.86. The average Bonchev–Trinajstić information content (AvgIpc) is 3.21. The Labute approximate surface area is 222 Å². The molecule has 196 valence electrons. The van der Waals surface area contributed by atoms with Crippen LogP contribution in [-0.4, -0.2) is 31.1 Å². The summed E-state index contributed by atoms with van der Waals surface area (Å²) in [5.41, 5.74) is 4.54. The van der Waals surface area contributed by atoms with Gasteiger partial charge in [0.05, 0.1) is 30.7 Å². The van der Waals surface area contributed by atoms with E-state index >= 15 is 0 Å². The lowest BCUT2D eigenvalue weighted by atomic mass is 9.97. The molecule has 0 spiro atoms. The van der Waals surface area contributed by atoms with E-state index in [1.807, 2.05) is 74.5 Å². The first-order valence-electron chi connectivity index (χ1n) is 13.2. The van der Waals surface area contributed by atoms with Crippen molar-refractivity contribution in [2.24, 2.45) is 0 Å². The second-order valence-corrected chi connectivity index (χ2v) is 9.86. The van der Waals surface area contributed by atoms with Crippen molar-refractivity contribution in [3.8, 4) is 11.5 Å². The van der Waals surface area contributed by atoms with E-state index in [4.69, 9.17) is 13.9 Å². The van der Waals surface area contributed by atoms with E-state index in [1.165, 1.54) is 0 Å². The minimum Gasteiger partial charge on any atom is -0.493 e. The van der Waals surface area contributed by atoms with Gasteiger partial charge in [0.1, 0.15) is 5.58 Å². The van der Waals surface area contributed by atoms with Crippen molar-refractivity contribution in [2.75, 3.05) is 20.3 Å². The molecule has 0 aliphatic carbocycles. The van der Waals surface area contributed by atoms with E-state index < -0.39 is 6.04 Å². The van der Waals surface area contributed by atoms with Crippen LogP contribution in [0.4, 0.5) is 0 Å². The van der Waals surface area contributed by atoms with Crippen molar-refractivity contribution in [1.82, 2.24) is 4.90 Å². The number of aryl methyl sites for hydroxylation is 2.